The van der Waals surface area contributed by atoms with E-state index in [-0.39, 0.29) is 0 Å². The lowest BCUT2D eigenvalue weighted by atomic mass is 9.94. The van der Waals surface area contributed by atoms with Crippen molar-refractivity contribution in [1.82, 2.24) is 10.2 Å². The predicted octanol–water partition coefficient (Wildman–Crippen LogP) is 2.56. The number of hydrogen-bond acceptors (Lipinski definition) is 2. The zero-order valence-electron chi connectivity index (χ0n) is 12.1. The molecule has 3 nitrogen and oxygen atoms in total. The quantitative estimate of drug-likeness (QED) is 0.777. The van der Waals surface area contributed by atoms with Gasteiger partial charge >= 0.3 is 0 Å². The molecule has 0 aromatic heterocycles. The highest BCUT2D eigenvalue weighted by molar-refractivity contribution is 5.76. The van der Waals surface area contributed by atoms with Crippen LogP contribution in [0, 0.1) is 11.8 Å². The third-order valence-electron chi connectivity index (χ3n) is 5.39. The number of piperidine rings is 1. The number of carbonyl (C=O) groups excluding carboxylic acids is 1. The molecular weight excluding hydrogens is 236 g/mol. The minimum absolute atomic E-state index is 0.433. The summed E-state index contributed by atoms with van der Waals surface area (Å²) in [4.78, 5) is 14.6. The smallest absolute Gasteiger partial charge is 0.222 e. The van der Waals surface area contributed by atoms with E-state index in [2.05, 4.69) is 10.2 Å². The number of fused-ring (bicyclic) bond motifs is 1. The Morgan fingerprint density at radius 3 is 2.53 bits per heavy atom. The maximum atomic E-state index is 12.5. The average molecular weight is 264 g/mol. The van der Waals surface area contributed by atoms with E-state index in [4.69, 9.17) is 0 Å². The van der Waals surface area contributed by atoms with Crippen molar-refractivity contribution in [2.24, 2.45) is 11.8 Å². The molecule has 1 amide bonds. The molecule has 2 unspecified atom stereocenters. The normalized spacial score (nSPS) is 32.9. The van der Waals surface area contributed by atoms with E-state index in [1.54, 1.807) is 0 Å². The zero-order chi connectivity index (χ0) is 13.1. The molecule has 1 aliphatic carbocycles. The molecule has 2 heterocycles. The fourth-order valence-electron chi connectivity index (χ4n) is 4.19. The van der Waals surface area contributed by atoms with Crippen molar-refractivity contribution in [2.45, 2.75) is 63.8 Å². The van der Waals surface area contributed by atoms with Gasteiger partial charge in [0.25, 0.3) is 0 Å². The highest BCUT2D eigenvalue weighted by Crippen LogP contribution is 2.29. The molecular formula is C16H28N2O. The fourth-order valence-corrected chi connectivity index (χ4v) is 4.19. The Bertz CT molecular complexity index is 296. The molecule has 2 saturated heterocycles. The minimum atomic E-state index is 0.433. The molecule has 1 N–H and O–H groups in total. The first-order valence-corrected chi connectivity index (χ1v) is 8.34. The highest BCUT2D eigenvalue weighted by Gasteiger charge is 2.36. The first-order valence-electron chi connectivity index (χ1n) is 8.34. The van der Waals surface area contributed by atoms with Gasteiger partial charge in [-0.2, -0.15) is 0 Å². The van der Waals surface area contributed by atoms with Gasteiger partial charge in [0, 0.05) is 25.6 Å². The van der Waals surface area contributed by atoms with Crippen molar-refractivity contribution in [3.63, 3.8) is 0 Å². The number of nitrogens with zero attached hydrogens (tertiary/aromatic N) is 1. The van der Waals surface area contributed by atoms with Gasteiger partial charge in [-0.25, -0.2) is 0 Å². The summed E-state index contributed by atoms with van der Waals surface area (Å²) in [6, 6.07) is 0.590. The summed E-state index contributed by atoms with van der Waals surface area (Å²) in [5, 5.41) is 3.59. The zero-order valence-corrected chi connectivity index (χ0v) is 12.1. The summed E-state index contributed by atoms with van der Waals surface area (Å²) >= 11 is 0. The van der Waals surface area contributed by atoms with Crippen LogP contribution in [0.2, 0.25) is 0 Å². The van der Waals surface area contributed by atoms with Crippen LogP contribution in [0.5, 0.6) is 0 Å². The summed E-state index contributed by atoms with van der Waals surface area (Å²) in [5.41, 5.74) is 0. The van der Waals surface area contributed by atoms with E-state index >= 15 is 0 Å². The van der Waals surface area contributed by atoms with Crippen LogP contribution in [0.25, 0.3) is 0 Å². The molecule has 2 aliphatic heterocycles. The Kier molecular flexibility index (Phi) is 4.42. The van der Waals surface area contributed by atoms with Gasteiger partial charge in [-0.3, -0.25) is 4.79 Å². The second-order valence-corrected chi connectivity index (χ2v) is 6.82. The second kappa shape index (κ2) is 6.25. The maximum Gasteiger partial charge on any atom is 0.222 e. The Labute approximate surface area is 117 Å². The lowest BCUT2D eigenvalue weighted by Gasteiger charge is -2.24. The molecule has 19 heavy (non-hydrogen) atoms. The molecule has 108 valence electrons. The third kappa shape index (κ3) is 3.31. The van der Waals surface area contributed by atoms with Crippen molar-refractivity contribution in [3.05, 3.63) is 0 Å². The SMILES string of the molecule is O=C(CC1CCCCCC1)N1CC2CCCNC2C1. The summed E-state index contributed by atoms with van der Waals surface area (Å²) < 4.78 is 0. The van der Waals surface area contributed by atoms with E-state index in [1.165, 1.54) is 51.4 Å². The Balaban J connectivity index is 1.50. The van der Waals surface area contributed by atoms with Crippen LogP contribution < -0.4 is 5.32 Å². The monoisotopic (exact) mass is 264 g/mol. The van der Waals surface area contributed by atoms with Crippen molar-refractivity contribution in [1.29, 1.82) is 0 Å². The first-order chi connectivity index (χ1) is 9.33. The van der Waals surface area contributed by atoms with Crippen molar-refractivity contribution >= 4 is 5.91 Å². The van der Waals surface area contributed by atoms with Crippen LogP contribution >= 0.6 is 0 Å². The topological polar surface area (TPSA) is 32.3 Å². The van der Waals surface area contributed by atoms with Gasteiger partial charge in [-0.15, -0.1) is 0 Å². The van der Waals surface area contributed by atoms with Crippen LogP contribution in [0.3, 0.4) is 0 Å². The summed E-state index contributed by atoms with van der Waals surface area (Å²) in [5.74, 6) is 1.83. The predicted molar refractivity (Wildman–Crippen MR) is 76.9 cm³/mol. The summed E-state index contributed by atoms with van der Waals surface area (Å²) in [7, 11) is 0. The molecule has 0 aromatic carbocycles. The average Bonchev–Trinajstić information content (AvgIpc) is 2.70. The van der Waals surface area contributed by atoms with Gasteiger partial charge < -0.3 is 10.2 Å². The van der Waals surface area contributed by atoms with E-state index in [0.717, 1.165) is 32.0 Å². The van der Waals surface area contributed by atoms with Crippen molar-refractivity contribution in [2.75, 3.05) is 19.6 Å². The maximum absolute atomic E-state index is 12.5. The molecule has 2 atom stereocenters. The molecule has 0 aromatic rings. The largest absolute Gasteiger partial charge is 0.341 e. The van der Waals surface area contributed by atoms with Crippen LogP contribution in [0.1, 0.15) is 57.8 Å². The fraction of sp³-hybridized carbons (Fsp3) is 0.938. The van der Waals surface area contributed by atoms with E-state index in [0.29, 0.717) is 17.9 Å². The molecule has 0 spiro atoms. The Morgan fingerprint density at radius 1 is 1.00 bits per heavy atom. The lowest BCUT2D eigenvalue weighted by molar-refractivity contribution is -0.131. The van der Waals surface area contributed by atoms with Crippen LogP contribution in [0.4, 0.5) is 0 Å². The van der Waals surface area contributed by atoms with Gasteiger partial charge in [0.15, 0.2) is 0 Å². The van der Waals surface area contributed by atoms with E-state index < -0.39 is 0 Å². The summed E-state index contributed by atoms with van der Waals surface area (Å²) in [6.45, 7) is 3.13. The molecule has 0 bridgehead atoms. The number of nitrogens with one attached hydrogen (secondary N) is 1. The highest BCUT2D eigenvalue weighted by atomic mass is 16.2. The number of rotatable bonds is 2. The van der Waals surface area contributed by atoms with Crippen molar-refractivity contribution in [3.8, 4) is 0 Å². The number of hydrogen-bond donors (Lipinski definition) is 1. The molecule has 3 fully saturated rings. The van der Waals surface area contributed by atoms with Gasteiger partial charge in [0.05, 0.1) is 0 Å². The van der Waals surface area contributed by atoms with Gasteiger partial charge in [-0.1, -0.05) is 25.7 Å². The van der Waals surface area contributed by atoms with E-state index in [9.17, 15) is 4.79 Å². The van der Waals surface area contributed by atoms with Crippen LogP contribution in [-0.4, -0.2) is 36.5 Å². The van der Waals surface area contributed by atoms with E-state index in [1.807, 2.05) is 0 Å². The van der Waals surface area contributed by atoms with Gasteiger partial charge in [0.2, 0.25) is 5.91 Å². The molecule has 3 rings (SSSR count). The van der Waals surface area contributed by atoms with Crippen molar-refractivity contribution < 1.29 is 4.79 Å². The molecule has 0 radical (unpaired) electrons. The number of carbonyl (C=O) groups is 1. The number of amides is 1. The standard InChI is InChI=1S/C16H28N2O/c19-16(10-13-6-3-1-2-4-7-13)18-11-14-8-5-9-17-15(14)12-18/h13-15,17H,1-12H2. The second-order valence-electron chi connectivity index (χ2n) is 6.82. The van der Waals surface area contributed by atoms with Crippen LogP contribution in [-0.2, 0) is 4.79 Å². The summed E-state index contributed by atoms with van der Waals surface area (Å²) in [6.07, 6.45) is 11.4. The molecule has 3 heteroatoms. The van der Waals surface area contributed by atoms with Gasteiger partial charge in [-0.05, 0) is 44.1 Å². The minimum Gasteiger partial charge on any atom is -0.341 e. The van der Waals surface area contributed by atoms with Crippen LogP contribution in [0.15, 0.2) is 0 Å². The third-order valence-corrected chi connectivity index (χ3v) is 5.39. The Morgan fingerprint density at radius 2 is 1.79 bits per heavy atom. The van der Waals surface area contributed by atoms with Gasteiger partial charge in [0.1, 0.15) is 0 Å². The molecule has 1 saturated carbocycles. The number of likely N-dealkylation sites (tertiary alicyclic amines) is 1. The first kappa shape index (κ1) is 13.4. The lowest BCUT2D eigenvalue weighted by Crippen LogP contribution is -2.41. The Hall–Kier alpha value is -0.570. The molecule has 3 aliphatic rings.